The maximum atomic E-state index is 11.5. The Kier molecular flexibility index (Phi) is 2.94. The van der Waals surface area contributed by atoms with Gasteiger partial charge in [-0.3, -0.25) is 4.79 Å². The number of rotatable bonds is 3. The Bertz CT molecular complexity index is 283. The van der Waals surface area contributed by atoms with Crippen molar-refractivity contribution in [2.45, 2.75) is 25.8 Å². The number of anilines is 1. The minimum Gasteiger partial charge on any atom is -0.318 e. The second kappa shape index (κ2) is 3.80. The van der Waals surface area contributed by atoms with E-state index in [-0.39, 0.29) is 5.91 Å². The lowest BCUT2D eigenvalue weighted by Crippen LogP contribution is -2.47. The molecule has 0 aliphatic heterocycles. The van der Waals surface area contributed by atoms with Gasteiger partial charge in [0.25, 0.3) is 0 Å². The Balaban J connectivity index is 2.61. The predicted molar refractivity (Wildman–Crippen MR) is 51.4 cm³/mol. The maximum absolute atomic E-state index is 11.5. The third kappa shape index (κ3) is 2.46. The van der Waals surface area contributed by atoms with Crippen LogP contribution in [0.4, 0.5) is 5.00 Å². The number of carbonyl (C=O) groups excluding carboxylic acids is 1. The smallest absolute Gasteiger partial charge is 0.244 e. The monoisotopic (exact) mass is 200 g/mol. The van der Waals surface area contributed by atoms with Crippen molar-refractivity contribution in [3.8, 4) is 0 Å². The first-order valence-corrected chi connectivity index (χ1v) is 4.71. The molecule has 0 saturated carbocycles. The normalized spacial score (nSPS) is 15.0. The SMILES string of the molecule is CCC(C)(N)C(=O)Nc1cnns1. The first-order chi connectivity index (χ1) is 6.06. The van der Waals surface area contributed by atoms with Crippen LogP contribution in [0, 0.1) is 0 Å². The molecule has 0 aliphatic rings. The molecule has 1 rings (SSSR count). The molecule has 0 aliphatic carbocycles. The van der Waals surface area contributed by atoms with Gasteiger partial charge in [-0.15, -0.1) is 5.10 Å². The molecule has 0 fully saturated rings. The van der Waals surface area contributed by atoms with E-state index in [1.54, 1.807) is 6.92 Å². The van der Waals surface area contributed by atoms with E-state index in [2.05, 4.69) is 14.9 Å². The van der Waals surface area contributed by atoms with E-state index in [9.17, 15) is 4.79 Å². The Hall–Kier alpha value is -1.01. The highest BCUT2D eigenvalue weighted by Crippen LogP contribution is 2.13. The maximum Gasteiger partial charge on any atom is 0.244 e. The van der Waals surface area contributed by atoms with Crippen LogP contribution in [0.15, 0.2) is 6.20 Å². The molecule has 13 heavy (non-hydrogen) atoms. The fraction of sp³-hybridized carbons (Fsp3) is 0.571. The summed E-state index contributed by atoms with van der Waals surface area (Å²) in [7, 11) is 0. The van der Waals surface area contributed by atoms with Gasteiger partial charge in [0.05, 0.1) is 11.7 Å². The molecular weight excluding hydrogens is 188 g/mol. The van der Waals surface area contributed by atoms with Gasteiger partial charge in [0, 0.05) is 11.5 Å². The number of nitrogens with zero attached hydrogens (tertiary/aromatic N) is 2. The fourth-order valence-electron chi connectivity index (χ4n) is 0.637. The molecule has 0 radical (unpaired) electrons. The summed E-state index contributed by atoms with van der Waals surface area (Å²) in [6, 6.07) is 0. The Morgan fingerprint density at radius 1 is 1.85 bits per heavy atom. The molecule has 72 valence electrons. The van der Waals surface area contributed by atoms with Gasteiger partial charge in [-0.25, -0.2) is 0 Å². The Morgan fingerprint density at radius 2 is 2.54 bits per heavy atom. The van der Waals surface area contributed by atoms with Gasteiger partial charge in [0.15, 0.2) is 0 Å². The summed E-state index contributed by atoms with van der Waals surface area (Å²) >= 11 is 1.13. The van der Waals surface area contributed by atoms with Gasteiger partial charge in [0.1, 0.15) is 5.00 Å². The molecule has 3 N–H and O–H groups in total. The van der Waals surface area contributed by atoms with Crippen molar-refractivity contribution in [1.82, 2.24) is 9.59 Å². The van der Waals surface area contributed by atoms with Crippen LogP contribution in [-0.2, 0) is 4.79 Å². The van der Waals surface area contributed by atoms with Crippen molar-refractivity contribution >= 4 is 22.4 Å². The lowest BCUT2D eigenvalue weighted by Gasteiger charge is -2.20. The number of hydrogen-bond acceptors (Lipinski definition) is 5. The number of carbonyl (C=O) groups is 1. The van der Waals surface area contributed by atoms with Crippen LogP contribution in [0.1, 0.15) is 20.3 Å². The summed E-state index contributed by atoms with van der Waals surface area (Å²) in [5, 5.41) is 6.86. The second-order valence-electron chi connectivity index (χ2n) is 3.01. The Labute approximate surface area is 80.5 Å². The highest BCUT2D eigenvalue weighted by molar-refractivity contribution is 7.10. The van der Waals surface area contributed by atoms with Crippen LogP contribution in [0.3, 0.4) is 0 Å². The molecule has 1 atom stereocenters. The minimum atomic E-state index is -0.829. The summed E-state index contributed by atoms with van der Waals surface area (Å²) in [6.07, 6.45) is 2.08. The van der Waals surface area contributed by atoms with Gasteiger partial charge >= 0.3 is 0 Å². The van der Waals surface area contributed by atoms with Crippen LogP contribution < -0.4 is 11.1 Å². The Morgan fingerprint density at radius 3 is 3.00 bits per heavy atom. The molecule has 1 heterocycles. The molecule has 1 unspecified atom stereocenters. The average molecular weight is 200 g/mol. The lowest BCUT2D eigenvalue weighted by atomic mass is 10.00. The molecule has 1 amide bonds. The van der Waals surface area contributed by atoms with Gasteiger partial charge in [-0.2, -0.15) is 0 Å². The molecular formula is C7H12N4OS. The average Bonchev–Trinajstić information content (AvgIpc) is 2.57. The number of hydrogen-bond donors (Lipinski definition) is 2. The molecule has 0 saturated heterocycles. The third-order valence-corrected chi connectivity index (χ3v) is 2.43. The first kappa shape index (κ1) is 10.1. The van der Waals surface area contributed by atoms with Crippen LogP contribution in [0.25, 0.3) is 0 Å². The molecule has 5 nitrogen and oxygen atoms in total. The van der Waals surface area contributed by atoms with Gasteiger partial charge in [-0.1, -0.05) is 11.4 Å². The highest BCUT2D eigenvalue weighted by atomic mass is 32.1. The number of amides is 1. The van der Waals surface area contributed by atoms with Crippen molar-refractivity contribution < 1.29 is 4.79 Å². The van der Waals surface area contributed by atoms with Crippen molar-refractivity contribution in [1.29, 1.82) is 0 Å². The standard InChI is InChI=1S/C7H12N4OS/c1-3-7(2,8)6(12)10-5-4-9-11-13-5/h4H,3,8H2,1-2H3,(H,10,12). The predicted octanol–water partition coefficient (Wildman–Crippen LogP) is 0.604. The van der Waals surface area contributed by atoms with E-state index in [1.807, 2.05) is 6.92 Å². The van der Waals surface area contributed by atoms with Crippen molar-refractivity contribution in [3.63, 3.8) is 0 Å². The number of aromatic nitrogens is 2. The zero-order valence-corrected chi connectivity index (χ0v) is 8.39. The van der Waals surface area contributed by atoms with E-state index in [4.69, 9.17) is 5.73 Å². The molecule has 6 heteroatoms. The van der Waals surface area contributed by atoms with Crippen LogP contribution in [0.5, 0.6) is 0 Å². The number of nitrogens with two attached hydrogens (primary N) is 1. The van der Waals surface area contributed by atoms with Crippen molar-refractivity contribution in [2.24, 2.45) is 5.73 Å². The zero-order chi connectivity index (χ0) is 9.90. The van der Waals surface area contributed by atoms with E-state index in [1.165, 1.54) is 6.20 Å². The summed E-state index contributed by atoms with van der Waals surface area (Å²) in [6.45, 7) is 3.56. The van der Waals surface area contributed by atoms with Crippen LogP contribution in [0.2, 0.25) is 0 Å². The summed E-state index contributed by atoms with van der Waals surface area (Å²) < 4.78 is 3.62. The van der Waals surface area contributed by atoms with E-state index in [0.29, 0.717) is 11.4 Å². The van der Waals surface area contributed by atoms with Gasteiger partial charge < -0.3 is 11.1 Å². The topological polar surface area (TPSA) is 80.9 Å². The summed E-state index contributed by atoms with van der Waals surface area (Å²) in [4.78, 5) is 11.5. The summed E-state index contributed by atoms with van der Waals surface area (Å²) in [5.41, 5.74) is 4.90. The molecule has 0 aromatic carbocycles. The van der Waals surface area contributed by atoms with Crippen LogP contribution >= 0.6 is 11.5 Å². The molecule has 1 aromatic heterocycles. The van der Waals surface area contributed by atoms with E-state index < -0.39 is 5.54 Å². The van der Waals surface area contributed by atoms with Crippen molar-refractivity contribution in [2.75, 3.05) is 5.32 Å². The van der Waals surface area contributed by atoms with Crippen molar-refractivity contribution in [3.05, 3.63) is 6.20 Å². The fourth-order valence-corrected chi connectivity index (χ4v) is 1.05. The molecule has 0 bridgehead atoms. The quantitative estimate of drug-likeness (QED) is 0.748. The second-order valence-corrected chi connectivity index (χ2v) is 3.79. The molecule has 0 spiro atoms. The van der Waals surface area contributed by atoms with E-state index in [0.717, 1.165) is 11.5 Å². The van der Waals surface area contributed by atoms with Gasteiger partial charge in [-0.05, 0) is 13.3 Å². The zero-order valence-electron chi connectivity index (χ0n) is 7.57. The van der Waals surface area contributed by atoms with E-state index >= 15 is 0 Å². The molecule has 1 aromatic rings. The number of nitrogens with one attached hydrogen (secondary N) is 1. The van der Waals surface area contributed by atoms with Crippen LogP contribution in [-0.4, -0.2) is 21.0 Å². The van der Waals surface area contributed by atoms with Gasteiger partial charge in [0.2, 0.25) is 5.91 Å². The highest BCUT2D eigenvalue weighted by Gasteiger charge is 2.26. The summed E-state index contributed by atoms with van der Waals surface area (Å²) in [5.74, 6) is -0.207. The first-order valence-electron chi connectivity index (χ1n) is 3.94. The minimum absolute atomic E-state index is 0.207. The largest absolute Gasteiger partial charge is 0.318 e. The third-order valence-electron chi connectivity index (χ3n) is 1.85. The lowest BCUT2D eigenvalue weighted by molar-refractivity contribution is -0.120.